The van der Waals surface area contributed by atoms with E-state index in [0.717, 1.165) is 29.0 Å². The van der Waals surface area contributed by atoms with Crippen LogP contribution in [0.25, 0.3) is 5.57 Å². The molecule has 1 atom stereocenters. The van der Waals surface area contributed by atoms with Gasteiger partial charge < -0.3 is 19.7 Å². The molecule has 154 valence electrons. The maximum absolute atomic E-state index is 9.81. The summed E-state index contributed by atoms with van der Waals surface area (Å²) in [4.78, 5) is 2.47. The highest BCUT2D eigenvalue weighted by atomic mass is 16.5. The summed E-state index contributed by atoms with van der Waals surface area (Å²) in [6.45, 7) is 4.11. The van der Waals surface area contributed by atoms with Crippen LogP contribution in [-0.4, -0.2) is 48.0 Å². The van der Waals surface area contributed by atoms with Gasteiger partial charge in [-0.3, -0.25) is 4.90 Å². The number of phenols is 1. The van der Waals surface area contributed by atoms with E-state index in [1.165, 1.54) is 32.4 Å². The number of benzene rings is 2. The Bertz CT molecular complexity index is 840. The Labute approximate surface area is 172 Å². The normalized spacial score (nSPS) is 19.2. The average Bonchev–Trinajstić information content (AvgIpc) is 2.75. The molecule has 0 bridgehead atoms. The maximum atomic E-state index is 9.81. The smallest absolute Gasteiger partial charge is 0.143 e. The third-order valence-electron chi connectivity index (χ3n) is 5.63. The molecule has 0 amide bonds. The summed E-state index contributed by atoms with van der Waals surface area (Å²) in [6, 6.07) is 13.1. The molecule has 2 aliphatic rings. The van der Waals surface area contributed by atoms with Crippen LogP contribution < -0.4 is 9.47 Å². The van der Waals surface area contributed by atoms with Gasteiger partial charge in [-0.2, -0.15) is 0 Å². The summed E-state index contributed by atoms with van der Waals surface area (Å²) in [7, 11) is 0. The maximum Gasteiger partial charge on any atom is 0.143 e. The number of likely N-dealkylation sites (tertiary alicyclic amines) is 1. The summed E-state index contributed by atoms with van der Waals surface area (Å²) in [5.41, 5.74) is 2.96. The number of rotatable bonds is 7. The van der Waals surface area contributed by atoms with Crippen molar-refractivity contribution in [2.75, 3.05) is 32.8 Å². The van der Waals surface area contributed by atoms with Gasteiger partial charge in [-0.1, -0.05) is 18.6 Å². The van der Waals surface area contributed by atoms with E-state index in [9.17, 15) is 10.2 Å². The zero-order valence-corrected chi connectivity index (χ0v) is 16.7. The molecule has 1 unspecified atom stereocenters. The number of phenolic OH excluding ortho intramolecular Hbond substituents is 1. The molecule has 1 fully saturated rings. The molecule has 0 spiro atoms. The molecular weight excluding hydrogens is 366 g/mol. The molecule has 5 nitrogen and oxygen atoms in total. The van der Waals surface area contributed by atoms with Crippen molar-refractivity contribution in [2.24, 2.45) is 0 Å². The summed E-state index contributed by atoms with van der Waals surface area (Å²) in [5.74, 6) is 1.67. The van der Waals surface area contributed by atoms with Crippen LogP contribution in [0.3, 0.4) is 0 Å². The molecule has 2 aliphatic heterocycles. The average molecular weight is 395 g/mol. The van der Waals surface area contributed by atoms with Crippen molar-refractivity contribution in [3.63, 3.8) is 0 Å². The van der Waals surface area contributed by atoms with Crippen molar-refractivity contribution in [1.29, 1.82) is 0 Å². The van der Waals surface area contributed by atoms with Crippen LogP contribution >= 0.6 is 0 Å². The molecule has 5 heteroatoms. The molecule has 2 aromatic carbocycles. The second kappa shape index (κ2) is 9.33. The zero-order valence-electron chi connectivity index (χ0n) is 16.7. The first-order valence-corrected chi connectivity index (χ1v) is 10.5. The van der Waals surface area contributed by atoms with Gasteiger partial charge in [0.2, 0.25) is 0 Å². The molecule has 2 aromatic rings. The second-order valence-electron chi connectivity index (χ2n) is 7.70. The second-order valence-corrected chi connectivity index (χ2v) is 7.70. The number of ether oxygens (including phenoxy) is 2. The van der Waals surface area contributed by atoms with Gasteiger partial charge >= 0.3 is 0 Å². The van der Waals surface area contributed by atoms with Gasteiger partial charge in [-0.15, -0.1) is 0 Å². The van der Waals surface area contributed by atoms with Crippen molar-refractivity contribution in [2.45, 2.75) is 31.8 Å². The summed E-state index contributed by atoms with van der Waals surface area (Å²) < 4.78 is 12.0. The van der Waals surface area contributed by atoms with E-state index in [4.69, 9.17) is 9.47 Å². The molecule has 0 saturated carbocycles. The fraction of sp³-hybridized carbons (Fsp3) is 0.417. The Hall–Kier alpha value is -2.50. The minimum absolute atomic E-state index is 0.0721. The predicted molar refractivity (Wildman–Crippen MR) is 113 cm³/mol. The number of hydrogen-bond acceptors (Lipinski definition) is 5. The van der Waals surface area contributed by atoms with Crippen molar-refractivity contribution < 1.29 is 19.7 Å². The first-order chi connectivity index (χ1) is 14.2. The summed E-state index contributed by atoms with van der Waals surface area (Å²) >= 11 is 0. The Kier molecular flexibility index (Phi) is 6.37. The number of fused-ring (bicyclic) bond motifs is 1. The lowest BCUT2D eigenvalue weighted by Crippen LogP contribution is -2.33. The minimum Gasteiger partial charge on any atom is -0.508 e. The number of aliphatic hydroxyl groups excluding tert-OH is 1. The molecule has 29 heavy (non-hydrogen) atoms. The standard InChI is InChI=1S/C24H29NO4/c26-14-10-19-16-23(29-24-17-20(27)6-9-22(19)24)18-4-7-21(8-5-18)28-15-13-25-11-2-1-3-12-25/h4-9,16-17,23,26-27H,1-3,10-15H2. The van der Waals surface area contributed by atoms with Crippen LogP contribution in [0.1, 0.15) is 42.9 Å². The van der Waals surface area contributed by atoms with Crippen LogP contribution in [-0.2, 0) is 0 Å². The van der Waals surface area contributed by atoms with Crippen molar-refractivity contribution in [3.05, 3.63) is 59.7 Å². The SMILES string of the molecule is OCCC1=CC(c2ccc(OCCN3CCCCC3)cc2)Oc2cc(O)ccc21. The van der Waals surface area contributed by atoms with Crippen molar-refractivity contribution in [3.8, 4) is 17.2 Å². The minimum atomic E-state index is -0.256. The van der Waals surface area contributed by atoms with Crippen LogP contribution in [0.4, 0.5) is 0 Å². The highest BCUT2D eigenvalue weighted by Crippen LogP contribution is 2.40. The topological polar surface area (TPSA) is 62.2 Å². The van der Waals surface area contributed by atoms with E-state index in [1.807, 2.05) is 36.4 Å². The Morgan fingerprint density at radius 1 is 1.03 bits per heavy atom. The molecular formula is C24H29NO4. The van der Waals surface area contributed by atoms with Crippen LogP contribution in [0.5, 0.6) is 17.2 Å². The van der Waals surface area contributed by atoms with E-state index in [2.05, 4.69) is 4.90 Å². The lowest BCUT2D eigenvalue weighted by molar-refractivity contribution is 0.183. The number of aromatic hydroxyl groups is 1. The molecule has 0 radical (unpaired) electrons. The lowest BCUT2D eigenvalue weighted by Gasteiger charge is -2.26. The first-order valence-electron chi connectivity index (χ1n) is 10.5. The fourth-order valence-corrected chi connectivity index (χ4v) is 4.05. The summed E-state index contributed by atoms with van der Waals surface area (Å²) in [6.07, 6.45) is 6.27. The van der Waals surface area contributed by atoms with E-state index in [0.29, 0.717) is 18.8 Å². The van der Waals surface area contributed by atoms with Crippen LogP contribution in [0.2, 0.25) is 0 Å². The fourth-order valence-electron chi connectivity index (χ4n) is 4.05. The molecule has 0 aromatic heterocycles. The van der Waals surface area contributed by atoms with E-state index in [1.54, 1.807) is 12.1 Å². The number of hydrogen-bond donors (Lipinski definition) is 2. The largest absolute Gasteiger partial charge is 0.508 e. The number of aliphatic hydroxyl groups is 1. The van der Waals surface area contributed by atoms with Gasteiger partial charge in [0, 0.05) is 24.8 Å². The molecule has 4 rings (SSSR count). The highest BCUT2D eigenvalue weighted by molar-refractivity contribution is 5.73. The van der Waals surface area contributed by atoms with E-state index >= 15 is 0 Å². The monoisotopic (exact) mass is 395 g/mol. The Morgan fingerprint density at radius 2 is 1.83 bits per heavy atom. The van der Waals surface area contributed by atoms with E-state index < -0.39 is 0 Å². The number of piperidine rings is 1. The molecule has 2 N–H and O–H groups in total. The predicted octanol–water partition coefficient (Wildman–Crippen LogP) is 4.16. The van der Waals surface area contributed by atoms with Gasteiger partial charge in [-0.05, 0) is 73.8 Å². The summed E-state index contributed by atoms with van der Waals surface area (Å²) in [5, 5.41) is 19.2. The third-order valence-corrected chi connectivity index (χ3v) is 5.63. The molecule has 0 aliphatic carbocycles. The Balaban J connectivity index is 1.41. The van der Waals surface area contributed by atoms with Crippen LogP contribution in [0.15, 0.2) is 48.5 Å². The van der Waals surface area contributed by atoms with Gasteiger partial charge in [0.05, 0.1) is 0 Å². The van der Waals surface area contributed by atoms with Gasteiger partial charge in [-0.25, -0.2) is 0 Å². The molecule has 2 heterocycles. The number of nitrogens with zero attached hydrogens (tertiary/aromatic N) is 1. The first kappa shape index (κ1) is 19.8. The van der Waals surface area contributed by atoms with Gasteiger partial charge in [0.1, 0.15) is 30.0 Å². The van der Waals surface area contributed by atoms with Crippen LogP contribution in [0, 0.1) is 0 Å². The van der Waals surface area contributed by atoms with Gasteiger partial charge in [0.15, 0.2) is 0 Å². The molecule has 1 saturated heterocycles. The van der Waals surface area contributed by atoms with E-state index in [-0.39, 0.29) is 18.5 Å². The quantitative estimate of drug-likeness (QED) is 0.737. The zero-order chi connectivity index (χ0) is 20.1. The third kappa shape index (κ3) is 4.92. The van der Waals surface area contributed by atoms with Crippen molar-refractivity contribution in [1.82, 2.24) is 4.90 Å². The van der Waals surface area contributed by atoms with Gasteiger partial charge in [0.25, 0.3) is 0 Å². The van der Waals surface area contributed by atoms with Crippen molar-refractivity contribution >= 4 is 5.57 Å². The Morgan fingerprint density at radius 3 is 2.59 bits per heavy atom. The lowest BCUT2D eigenvalue weighted by atomic mass is 9.95. The highest BCUT2D eigenvalue weighted by Gasteiger charge is 2.22.